The number of carbonyl (C=O) groups excluding carboxylic acids is 1. The van der Waals surface area contributed by atoms with Crippen molar-refractivity contribution >= 4 is 15.9 Å². The molecule has 0 radical (unpaired) electrons. The van der Waals surface area contributed by atoms with Crippen LogP contribution in [0.15, 0.2) is 0 Å². The summed E-state index contributed by atoms with van der Waals surface area (Å²) in [5.41, 5.74) is 0. The molecule has 1 rings (SSSR count). The summed E-state index contributed by atoms with van der Waals surface area (Å²) in [6, 6.07) is -0.144. The second-order valence-corrected chi connectivity index (χ2v) is 5.67. The monoisotopic (exact) mass is 236 g/mol. The van der Waals surface area contributed by atoms with E-state index in [1.54, 1.807) is 6.92 Å². The van der Waals surface area contributed by atoms with Gasteiger partial charge in [0.2, 0.25) is 15.9 Å². The van der Waals surface area contributed by atoms with Crippen molar-refractivity contribution in [1.82, 2.24) is 4.90 Å². The first-order valence-corrected chi connectivity index (χ1v) is 6.39. The van der Waals surface area contributed by atoms with Crippen LogP contribution in [0.4, 0.5) is 0 Å². The van der Waals surface area contributed by atoms with E-state index in [-0.39, 0.29) is 31.5 Å². The van der Waals surface area contributed by atoms with Gasteiger partial charge in [0.05, 0.1) is 0 Å². The molecule has 1 fully saturated rings. The van der Waals surface area contributed by atoms with Gasteiger partial charge in [0.15, 0.2) is 0 Å². The highest BCUT2D eigenvalue weighted by Crippen LogP contribution is 2.19. The van der Waals surface area contributed by atoms with Gasteiger partial charge >= 0.3 is 0 Å². The second kappa shape index (κ2) is 4.46. The van der Waals surface area contributed by atoms with E-state index in [9.17, 15) is 13.2 Å². The molecule has 0 bridgehead atoms. The Kier molecular flexibility index (Phi) is 3.69. The lowest BCUT2D eigenvalue weighted by Gasteiger charge is -2.23. The summed E-state index contributed by atoms with van der Waals surface area (Å²) in [6.07, 6.45) is 0.400. The topological polar surface area (TPSA) is 101 Å². The van der Waals surface area contributed by atoms with Crippen LogP contribution >= 0.6 is 0 Å². The lowest BCUT2D eigenvalue weighted by molar-refractivity contribution is -0.129. The number of nitrogens with zero attached hydrogens (tertiary/aromatic N) is 1. The van der Waals surface area contributed by atoms with Crippen LogP contribution in [0.25, 0.3) is 0 Å². The van der Waals surface area contributed by atoms with E-state index < -0.39 is 15.3 Å². The van der Waals surface area contributed by atoms with E-state index in [1.165, 1.54) is 4.90 Å². The average molecular weight is 236 g/mol. The fraction of sp³-hybridized carbons (Fsp3) is 0.875. The Bertz CT molecular complexity index is 341. The first kappa shape index (κ1) is 12.4. The molecule has 2 atom stereocenters. The molecule has 1 unspecified atom stereocenters. The zero-order valence-electron chi connectivity index (χ0n) is 8.59. The van der Waals surface area contributed by atoms with Crippen LogP contribution in [0.3, 0.4) is 0 Å². The van der Waals surface area contributed by atoms with Gasteiger partial charge in [-0.2, -0.15) is 0 Å². The summed E-state index contributed by atoms with van der Waals surface area (Å²) in [6.45, 7) is 1.89. The molecule has 0 aliphatic carbocycles. The highest BCUT2D eigenvalue weighted by atomic mass is 32.2. The van der Waals surface area contributed by atoms with Crippen molar-refractivity contribution in [2.75, 3.05) is 13.2 Å². The van der Waals surface area contributed by atoms with Crippen LogP contribution in [0.1, 0.15) is 19.8 Å². The van der Waals surface area contributed by atoms with Crippen molar-refractivity contribution in [3.8, 4) is 0 Å². The predicted octanol–water partition coefficient (Wildman–Crippen LogP) is -1.35. The van der Waals surface area contributed by atoms with E-state index in [0.717, 1.165) is 0 Å². The van der Waals surface area contributed by atoms with Gasteiger partial charge in [-0.05, 0) is 13.3 Å². The van der Waals surface area contributed by atoms with Gasteiger partial charge in [-0.15, -0.1) is 0 Å². The maximum atomic E-state index is 11.5. The molecule has 1 aliphatic rings. The number of nitrogens with two attached hydrogens (primary N) is 1. The van der Waals surface area contributed by atoms with Crippen LogP contribution in [-0.4, -0.2) is 48.8 Å². The second-order valence-electron chi connectivity index (χ2n) is 3.82. The van der Waals surface area contributed by atoms with Gasteiger partial charge in [0, 0.05) is 25.6 Å². The minimum absolute atomic E-state index is 0.0228. The number of rotatable bonds is 4. The van der Waals surface area contributed by atoms with Crippen molar-refractivity contribution in [2.45, 2.75) is 31.1 Å². The normalized spacial score (nSPS) is 24.6. The highest BCUT2D eigenvalue weighted by molar-refractivity contribution is 7.89. The van der Waals surface area contributed by atoms with Crippen LogP contribution in [0, 0.1) is 0 Å². The Morgan fingerprint density at radius 2 is 2.27 bits per heavy atom. The Morgan fingerprint density at radius 1 is 1.67 bits per heavy atom. The molecule has 0 spiro atoms. The first-order valence-electron chi connectivity index (χ1n) is 4.78. The van der Waals surface area contributed by atoms with Crippen LogP contribution in [0.2, 0.25) is 0 Å². The fourth-order valence-electron chi connectivity index (χ4n) is 1.69. The molecule has 0 saturated carbocycles. The lowest BCUT2D eigenvalue weighted by atomic mass is 10.2. The van der Waals surface area contributed by atoms with E-state index >= 15 is 0 Å². The van der Waals surface area contributed by atoms with Gasteiger partial charge in [-0.25, -0.2) is 13.6 Å². The maximum absolute atomic E-state index is 11.5. The number of primary sulfonamides is 1. The molecule has 6 nitrogen and oxygen atoms in total. The summed E-state index contributed by atoms with van der Waals surface area (Å²) >= 11 is 0. The standard InChI is InChI=1S/C8H16N2O4S/c1-6(2-3-11)10-5-7(4-8(10)12)15(9,13)14/h6-7,11H,2-5H2,1H3,(H2,9,13,14)/t6-,7?/m1/s1. The van der Waals surface area contributed by atoms with Crippen LogP contribution < -0.4 is 5.14 Å². The Balaban J connectivity index is 2.69. The third-order valence-electron chi connectivity index (χ3n) is 2.67. The number of aliphatic hydroxyl groups is 1. The highest BCUT2D eigenvalue weighted by Gasteiger charge is 2.38. The number of amides is 1. The number of aliphatic hydroxyl groups excluding tert-OH is 1. The quantitative estimate of drug-likeness (QED) is 0.630. The fourth-order valence-corrected chi connectivity index (χ4v) is 2.43. The summed E-state index contributed by atoms with van der Waals surface area (Å²) in [5.74, 6) is -0.213. The summed E-state index contributed by atoms with van der Waals surface area (Å²) in [5, 5.41) is 12.9. The first-order chi connectivity index (χ1) is 6.86. The molecule has 0 aromatic carbocycles. The molecule has 15 heavy (non-hydrogen) atoms. The van der Waals surface area contributed by atoms with Crippen molar-refractivity contribution < 1.29 is 18.3 Å². The van der Waals surface area contributed by atoms with Gasteiger partial charge in [-0.3, -0.25) is 4.79 Å². The minimum Gasteiger partial charge on any atom is -0.396 e. The number of hydrogen-bond acceptors (Lipinski definition) is 4. The zero-order valence-corrected chi connectivity index (χ0v) is 9.40. The van der Waals surface area contributed by atoms with Crippen LogP contribution in [-0.2, 0) is 14.8 Å². The molecule has 1 aliphatic heterocycles. The number of hydrogen-bond donors (Lipinski definition) is 2. The summed E-state index contributed by atoms with van der Waals surface area (Å²) in [7, 11) is -3.64. The van der Waals surface area contributed by atoms with E-state index in [2.05, 4.69) is 0 Å². The van der Waals surface area contributed by atoms with Gasteiger partial charge in [0.1, 0.15) is 5.25 Å². The van der Waals surface area contributed by atoms with Crippen molar-refractivity contribution in [3.63, 3.8) is 0 Å². The molecule has 1 amide bonds. The molecule has 7 heteroatoms. The number of likely N-dealkylation sites (tertiary alicyclic amines) is 1. The van der Waals surface area contributed by atoms with E-state index in [0.29, 0.717) is 6.42 Å². The molecule has 0 aromatic rings. The smallest absolute Gasteiger partial charge is 0.224 e. The Hall–Kier alpha value is -0.660. The lowest BCUT2D eigenvalue weighted by Crippen LogP contribution is -2.37. The molecule has 88 valence electrons. The molecule has 1 heterocycles. The Labute approximate surface area is 89.1 Å². The average Bonchev–Trinajstić information content (AvgIpc) is 2.47. The molecular formula is C8H16N2O4S. The van der Waals surface area contributed by atoms with Crippen molar-refractivity contribution in [1.29, 1.82) is 0 Å². The predicted molar refractivity (Wildman–Crippen MR) is 54.4 cm³/mol. The van der Waals surface area contributed by atoms with Gasteiger partial charge in [-0.1, -0.05) is 0 Å². The SMILES string of the molecule is C[C@H](CCO)N1CC(S(N)(=O)=O)CC1=O. The zero-order chi connectivity index (χ0) is 11.6. The minimum atomic E-state index is -3.64. The number of sulfonamides is 1. The largest absolute Gasteiger partial charge is 0.396 e. The molecule has 0 aromatic heterocycles. The maximum Gasteiger partial charge on any atom is 0.224 e. The molecule has 1 saturated heterocycles. The van der Waals surface area contributed by atoms with Crippen molar-refractivity contribution in [2.24, 2.45) is 5.14 Å². The van der Waals surface area contributed by atoms with Crippen molar-refractivity contribution in [3.05, 3.63) is 0 Å². The van der Waals surface area contributed by atoms with Crippen LogP contribution in [0.5, 0.6) is 0 Å². The van der Waals surface area contributed by atoms with E-state index in [4.69, 9.17) is 10.2 Å². The van der Waals surface area contributed by atoms with Gasteiger partial charge in [0.25, 0.3) is 0 Å². The molecular weight excluding hydrogens is 220 g/mol. The Morgan fingerprint density at radius 3 is 2.67 bits per heavy atom. The third kappa shape index (κ3) is 2.90. The number of carbonyl (C=O) groups is 1. The summed E-state index contributed by atoms with van der Waals surface area (Å²) in [4.78, 5) is 12.9. The van der Waals surface area contributed by atoms with Gasteiger partial charge < -0.3 is 10.0 Å². The molecule has 3 N–H and O–H groups in total. The third-order valence-corrected chi connectivity index (χ3v) is 3.91. The van der Waals surface area contributed by atoms with E-state index in [1.807, 2.05) is 0 Å². The summed E-state index contributed by atoms with van der Waals surface area (Å²) < 4.78 is 22.1.